The Hall–Kier alpha value is -0.730. The first-order valence-electron chi connectivity index (χ1n) is 6.02. The van der Waals surface area contributed by atoms with Crippen LogP contribution >= 0.6 is 11.6 Å². The van der Waals surface area contributed by atoms with Crippen molar-refractivity contribution in [1.29, 1.82) is 0 Å². The Morgan fingerprint density at radius 1 is 1.12 bits per heavy atom. The van der Waals surface area contributed by atoms with Crippen LogP contribution < -0.4 is 5.73 Å². The van der Waals surface area contributed by atoms with E-state index in [1.165, 1.54) is 44.3 Å². The lowest BCUT2D eigenvalue weighted by Gasteiger charge is -2.19. The molecule has 88 valence electrons. The van der Waals surface area contributed by atoms with Crippen LogP contribution in [-0.2, 0) is 6.54 Å². The highest BCUT2D eigenvalue weighted by Gasteiger charge is 2.09. The number of anilines is 1. The third kappa shape index (κ3) is 3.13. The van der Waals surface area contributed by atoms with E-state index in [0.29, 0.717) is 10.7 Å². The molecule has 0 spiro atoms. The molecule has 0 unspecified atom stereocenters. The molecule has 2 nitrogen and oxygen atoms in total. The molecule has 0 aromatic heterocycles. The summed E-state index contributed by atoms with van der Waals surface area (Å²) in [5, 5.41) is 0.673. The van der Waals surface area contributed by atoms with Crippen molar-refractivity contribution in [3.8, 4) is 0 Å². The second-order valence-corrected chi connectivity index (χ2v) is 4.95. The summed E-state index contributed by atoms with van der Waals surface area (Å²) in [5.41, 5.74) is 7.63. The van der Waals surface area contributed by atoms with Gasteiger partial charge in [0.25, 0.3) is 0 Å². The second-order valence-electron chi connectivity index (χ2n) is 4.55. The summed E-state index contributed by atoms with van der Waals surface area (Å²) in [6, 6.07) is 5.96. The van der Waals surface area contributed by atoms with Crippen LogP contribution in [-0.4, -0.2) is 18.0 Å². The number of halogens is 1. The van der Waals surface area contributed by atoms with Gasteiger partial charge in [-0.1, -0.05) is 30.5 Å². The van der Waals surface area contributed by atoms with Gasteiger partial charge in [0.1, 0.15) is 0 Å². The Balaban J connectivity index is 1.99. The number of hydrogen-bond acceptors (Lipinski definition) is 2. The van der Waals surface area contributed by atoms with E-state index in [2.05, 4.69) is 11.0 Å². The molecule has 1 aromatic carbocycles. The molecule has 1 aromatic rings. The maximum atomic E-state index is 6.02. The smallest absolute Gasteiger partial charge is 0.0638 e. The monoisotopic (exact) mass is 238 g/mol. The molecule has 1 aliphatic heterocycles. The molecule has 2 rings (SSSR count). The molecular weight excluding hydrogens is 220 g/mol. The molecule has 0 radical (unpaired) electrons. The van der Waals surface area contributed by atoms with Crippen molar-refractivity contribution in [3.05, 3.63) is 28.8 Å². The lowest BCUT2D eigenvalue weighted by atomic mass is 10.2. The summed E-state index contributed by atoms with van der Waals surface area (Å²) < 4.78 is 0. The van der Waals surface area contributed by atoms with Crippen molar-refractivity contribution in [3.63, 3.8) is 0 Å². The van der Waals surface area contributed by atoms with Crippen LogP contribution in [0.5, 0.6) is 0 Å². The quantitative estimate of drug-likeness (QED) is 0.802. The third-order valence-electron chi connectivity index (χ3n) is 3.17. The Bertz CT molecular complexity index is 344. The Labute approximate surface area is 102 Å². The van der Waals surface area contributed by atoms with Crippen molar-refractivity contribution in [2.24, 2.45) is 0 Å². The van der Waals surface area contributed by atoms with Gasteiger partial charge in [0, 0.05) is 6.54 Å². The van der Waals surface area contributed by atoms with E-state index in [-0.39, 0.29) is 0 Å². The Morgan fingerprint density at radius 2 is 1.81 bits per heavy atom. The van der Waals surface area contributed by atoms with Crippen molar-refractivity contribution in [2.45, 2.75) is 32.2 Å². The zero-order valence-electron chi connectivity index (χ0n) is 9.58. The van der Waals surface area contributed by atoms with Gasteiger partial charge in [0.2, 0.25) is 0 Å². The normalized spacial score (nSPS) is 18.3. The Kier molecular flexibility index (Phi) is 4.08. The minimum atomic E-state index is 0.668. The predicted octanol–water partition coefficient (Wildman–Crippen LogP) is 3.30. The first-order valence-corrected chi connectivity index (χ1v) is 6.40. The molecule has 1 saturated heterocycles. The summed E-state index contributed by atoms with van der Waals surface area (Å²) in [4.78, 5) is 2.51. The molecule has 0 aliphatic carbocycles. The van der Waals surface area contributed by atoms with Gasteiger partial charge >= 0.3 is 0 Å². The van der Waals surface area contributed by atoms with E-state index in [1.54, 1.807) is 0 Å². The van der Waals surface area contributed by atoms with Crippen LogP contribution in [0.4, 0.5) is 5.69 Å². The minimum Gasteiger partial charge on any atom is -0.398 e. The van der Waals surface area contributed by atoms with Crippen molar-refractivity contribution >= 4 is 17.3 Å². The molecule has 16 heavy (non-hydrogen) atoms. The molecule has 0 saturated carbocycles. The van der Waals surface area contributed by atoms with Gasteiger partial charge in [-0.2, -0.15) is 0 Å². The minimum absolute atomic E-state index is 0.668. The Morgan fingerprint density at radius 3 is 2.44 bits per heavy atom. The van der Waals surface area contributed by atoms with E-state index < -0.39 is 0 Å². The van der Waals surface area contributed by atoms with Gasteiger partial charge < -0.3 is 5.73 Å². The highest BCUT2D eigenvalue weighted by Crippen LogP contribution is 2.21. The fraction of sp³-hybridized carbons (Fsp3) is 0.538. The first kappa shape index (κ1) is 11.7. The van der Waals surface area contributed by atoms with Crippen LogP contribution in [0.25, 0.3) is 0 Å². The van der Waals surface area contributed by atoms with Crippen molar-refractivity contribution < 1.29 is 0 Å². The largest absolute Gasteiger partial charge is 0.398 e. The number of likely N-dealkylation sites (tertiary alicyclic amines) is 1. The van der Waals surface area contributed by atoms with Gasteiger partial charge in [0.15, 0.2) is 0 Å². The van der Waals surface area contributed by atoms with Gasteiger partial charge in [0.05, 0.1) is 10.7 Å². The van der Waals surface area contributed by atoms with E-state index in [9.17, 15) is 0 Å². The van der Waals surface area contributed by atoms with Crippen LogP contribution in [0.3, 0.4) is 0 Å². The lowest BCUT2D eigenvalue weighted by Crippen LogP contribution is -2.23. The van der Waals surface area contributed by atoms with Gasteiger partial charge in [-0.25, -0.2) is 0 Å². The summed E-state index contributed by atoms with van der Waals surface area (Å²) in [6.07, 6.45) is 5.39. The summed E-state index contributed by atoms with van der Waals surface area (Å²) in [7, 11) is 0. The number of benzene rings is 1. The van der Waals surface area contributed by atoms with Crippen LogP contribution in [0.2, 0.25) is 5.02 Å². The molecule has 2 N–H and O–H groups in total. The summed E-state index contributed by atoms with van der Waals surface area (Å²) in [5.74, 6) is 0. The standard InChI is InChI=1S/C13H19ClN2/c14-12-9-11(5-6-13(12)15)10-16-7-3-1-2-4-8-16/h5-6,9H,1-4,7-8,10,15H2. The van der Waals surface area contributed by atoms with Crippen LogP contribution in [0.1, 0.15) is 31.2 Å². The average Bonchev–Trinajstić information content (AvgIpc) is 2.52. The van der Waals surface area contributed by atoms with Crippen LogP contribution in [0.15, 0.2) is 18.2 Å². The SMILES string of the molecule is Nc1ccc(CN2CCCCCC2)cc1Cl. The van der Waals surface area contributed by atoms with E-state index >= 15 is 0 Å². The molecule has 1 fully saturated rings. The number of hydrogen-bond donors (Lipinski definition) is 1. The highest BCUT2D eigenvalue weighted by molar-refractivity contribution is 6.33. The van der Waals surface area contributed by atoms with E-state index in [1.807, 2.05) is 12.1 Å². The number of nitrogens with zero attached hydrogens (tertiary/aromatic N) is 1. The fourth-order valence-electron chi connectivity index (χ4n) is 2.22. The van der Waals surface area contributed by atoms with E-state index in [0.717, 1.165) is 6.54 Å². The molecule has 0 atom stereocenters. The van der Waals surface area contributed by atoms with Crippen molar-refractivity contribution in [1.82, 2.24) is 4.90 Å². The maximum Gasteiger partial charge on any atom is 0.0638 e. The fourth-order valence-corrected chi connectivity index (χ4v) is 2.42. The maximum absolute atomic E-state index is 6.02. The lowest BCUT2D eigenvalue weighted by molar-refractivity contribution is 0.277. The molecule has 1 aliphatic rings. The first-order chi connectivity index (χ1) is 7.75. The zero-order valence-corrected chi connectivity index (χ0v) is 10.3. The number of rotatable bonds is 2. The average molecular weight is 239 g/mol. The molecular formula is C13H19ClN2. The highest BCUT2D eigenvalue weighted by atomic mass is 35.5. The zero-order chi connectivity index (χ0) is 11.4. The molecule has 1 heterocycles. The summed E-state index contributed by atoms with van der Waals surface area (Å²) >= 11 is 6.02. The topological polar surface area (TPSA) is 29.3 Å². The van der Waals surface area contributed by atoms with Gasteiger partial charge in [-0.05, 0) is 43.6 Å². The van der Waals surface area contributed by atoms with Crippen LogP contribution in [0, 0.1) is 0 Å². The van der Waals surface area contributed by atoms with Gasteiger partial charge in [-0.15, -0.1) is 0 Å². The van der Waals surface area contributed by atoms with Crippen molar-refractivity contribution in [2.75, 3.05) is 18.8 Å². The van der Waals surface area contributed by atoms with E-state index in [4.69, 9.17) is 17.3 Å². The second kappa shape index (κ2) is 5.55. The molecule has 3 heteroatoms. The van der Waals surface area contributed by atoms with Gasteiger partial charge in [-0.3, -0.25) is 4.90 Å². The third-order valence-corrected chi connectivity index (χ3v) is 3.50. The number of nitrogen functional groups attached to an aromatic ring is 1. The molecule has 0 amide bonds. The number of nitrogens with two attached hydrogens (primary N) is 1. The summed E-state index contributed by atoms with van der Waals surface area (Å²) in [6.45, 7) is 3.42. The predicted molar refractivity (Wildman–Crippen MR) is 69.6 cm³/mol. The molecule has 0 bridgehead atoms.